The summed E-state index contributed by atoms with van der Waals surface area (Å²) < 4.78 is 20.8. The van der Waals surface area contributed by atoms with E-state index in [-0.39, 0.29) is 0 Å². The molecule has 0 bridgehead atoms. The van der Waals surface area contributed by atoms with Crippen LogP contribution in [-0.4, -0.2) is 14.2 Å². The highest BCUT2D eigenvalue weighted by Gasteiger charge is 2.18. The summed E-state index contributed by atoms with van der Waals surface area (Å²) in [6, 6.07) is 0. The lowest BCUT2D eigenvalue weighted by atomic mass is 9.84. The maximum Gasteiger partial charge on any atom is 0.140 e. The van der Waals surface area contributed by atoms with Crippen molar-refractivity contribution < 1.29 is 8.42 Å². The van der Waals surface area contributed by atoms with Crippen LogP contribution in [0.5, 0.6) is 0 Å². The van der Waals surface area contributed by atoms with Crippen LogP contribution in [0.1, 0.15) is 32.6 Å². The quantitative estimate of drug-likeness (QED) is 0.646. The SMILES string of the molecule is C[C@H]1CC[C@H](C[SH](=O)=O)CC1. The maximum absolute atomic E-state index is 10.4. The molecule has 0 spiro atoms. The van der Waals surface area contributed by atoms with Gasteiger partial charge in [-0.25, -0.2) is 8.42 Å². The van der Waals surface area contributed by atoms with Crippen LogP contribution in [0.25, 0.3) is 0 Å². The van der Waals surface area contributed by atoms with E-state index in [0.717, 1.165) is 18.8 Å². The van der Waals surface area contributed by atoms with Crippen molar-refractivity contribution in [3.63, 3.8) is 0 Å². The summed E-state index contributed by atoms with van der Waals surface area (Å²) in [5.41, 5.74) is 0. The smallest absolute Gasteiger partial charge is 0.140 e. The Hall–Kier alpha value is -0.0500. The minimum absolute atomic E-state index is 0.419. The maximum atomic E-state index is 10.4. The fourth-order valence-corrected chi connectivity index (χ4v) is 2.51. The number of thiol groups is 1. The standard InChI is InChI=1S/C8H16O2S/c1-7-2-4-8(5-3-7)6-11(9)10/h7-8,11H,2-6H2,1H3/t7-,8-. The van der Waals surface area contributed by atoms with Crippen molar-refractivity contribution in [3.8, 4) is 0 Å². The zero-order chi connectivity index (χ0) is 8.27. The van der Waals surface area contributed by atoms with Crippen molar-refractivity contribution in [2.24, 2.45) is 11.8 Å². The molecule has 1 saturated carbocycles. The summed E-state index contributed by atoms with van der Waals surface area (Å²) in [6.07, 6.45) is 4.66. The molecule has 1 fully saturated rings. The van der Waals surface area contributed by atoms with Gasteiger partial charge < -0.3 is 0 Å². The molecule has 0 aromatic rings. The van der Waals surface area contributed by atoms with Gasteiger partial charge in [-0.15, -0.1) is 0 Å². The molecule has 11 heavy (non-hydrogen) atoms. The first-order valence-electron chi connectivity index (χ1n) is 4.30. The van der Waals surface area contributed by atoms with Gasteiger partial charge in [-0.1, -0.05) is 19.8 Å². The molecule has 1 rings (SSSR count). The summed E-state index contributed by atoms with van der Waals surface area (Å²) in [4.78, 5) is 0. The molecule has 0 aromatic carbocycles. The van der Waals surface area contributed by atoms with Crippen LogP contribution in [0.4, 0.5) is 0 Å². The average molecular weight is 176 g/mol. The lowest BCUT2D eigenvalue weighted by Gasteiger charge is -2.24. The first kappa shape index (κ1) is 9.04. The summed E-state index contributed by atoms with van der Waals surface area (Å²) in [5, 5.41) is 0. The Balaban J connectivity index is 2.28. The summed E-state index contributed by atoms with van der Waals surface area (Å²) in [6.45, 7) is 2.24. The van der Waals surface area contributed by atoms with Crippen molar-refractivity contribution in [2.75, 3.05) is 5.75 Å². The largest absolute Gasteiger partial charge is 0.232 e. The molecular formula is C8H16O2S. The highest BCUT2D eigenvalue weighted by Crippen LogP contribution is 2.27. The van der Waals surface area contributed by atoms with Crippen molar-refractivity contribution in [3.05, 3.63) is 0 Å². The van der Waals surface area contributed by atoms with Crippen LogP contribution in [0, 0.1) is 11.8 Å². The molecule has 0 unspecified atom stereocenters. The molecule has 0 aliphatic heterocycles. The van der Waals surface area contributed by atoms with Crippen molar-refractivity contribution >= 4 is 10.7 Å². The predicted octanol–water partition coefficient (Wildman–Crippen LogP) is 1.42. The van der Waals surface area contributed by atoms with Gasteiger partial charge in [0.25, 0.3) is 0 Å². The summed E-state index contributed by atoms with van der Waals surface area (Å²) >= 11 is 0. The van der Waals surface area contributed by atoms with E-state index in [9.17, 15) is 8.42 Å². The normalized spacial score (nSPS) is 32.5. The second kappa shape index (κ2) is 4.10. The van der Waals surface area contributed by atoms with E-state index in [1.807, 2.05) is 0 Å². The molecule has 1 aliphatic rings. The van der Waals surface area contributed by atoms with Crippen LogP contribution in [0.3, 0.4) is 0 Å². The highest BCUT2D eigenvalue weighted by atomic mass is 32.2. The molecule has 0 heterocycles. The van der Waals surface area contributed by atoms with E-state index in [0.29, 0.717) is 11.7 Å². The van der Waals surface area contributed by atoms with Gasteiger partial charge in [0.2, 0.25) is 0 Å². The molecule has 2 nitrogen and oxygen atoms in total. The van der Waals surface area contributed by atoms with E-state index in [4.69, 9.17) is 0 Å². The van der Waals surface area contributed by atoms with Gasteiger partial charge in [-0.05, 0) is 24.7 Å². The molecule has 66 valence electrons. The topological polar surface area (TPSA) is 34.1 Å². The van der Waals surface area contributed by atoms with Gasteiger partial charge in [-0.2, -0.15) is 0 Å². The van der Waals surface area contributed by atoms with Gasteiger partial charge >= 0.3 is 0 Å². The third-order valence-corrected chi connectivity index (χ3v) is 3.36. The molecule has 3 heteroatoms. The van der Waals surface area contributed by atoms with E-state index in [1.165, 1.54) is 12.8 Å². The van der Waals surface area contributed by atoms with Gasteiger partial charge in [0, 0.05) is 0 Å². The fourth-order valence-electron chi connectivity index (χ4n) is 1.72. The lowest BCUT2D eigenvalue weighted by Crippen LogP contribution is -2.16. The third-order valence-electron chi connectivity index (χ3n) is 2.54. The van der Waals surface area contributed by atoms with E-state index in [2.05, 4.69) is 6.92 Å². The fraction of sp³-hybridized carbons (Fsp3) is 1.00. The highest BCUT2D eigenvalue weighted by molar-refractivity contribution is 7.72. The summed E-state index contributed by atoms with van der Waals surface area (Å²) in [7, 11) is -2.14. The molecule has 0 atom stereocenters. The van der Waals surface area contributed by atoms with Crippen LogP contribution in [0.15, 0.2) is 0 Å². The zero-order valence-corrected chi connectivity index (χ0v) is 7.85. The van der Waals surface area contributed by atoms with Gasteiger partial charge in [-0.3, -0.25) is 0 Å². The minimum Gasteiger partial charge on any atom is -0.232 e. The Kier molecular flexibility index (Phi) is 3.37. The van der Waals surface area contributed by atoms with Crippen molar-refractivity contribution in [2.45, 2.75) is 32.6 Å². The first-order chi connectivity index (χ1) is 5.18. The predicted molar refractivity (Wildman–Crippen MR) is 46.3 cm³/mol. The van der Waals surface area contributed by atoms with Gasteiger partial charge in [0.1, 0.15) is 10.7 Å². The molecule has 0 amide bonds. The Morgan fingerprint density at radius 1 is 1.18 bits per heavy atom. The number of hydrogen-bond acceptors (Lipinski definition) is 2. The van der Waals surface area contributed by atoms with Gasteiger partial charge in [0.05, 0.1) is 5.75 Å². The Bertz CT molecular complexity index is 171. The second-order valence-corrected chi connectivity index (χ2v) is 4.67. The van der Waals surface area contributed by atoms with Gasteiger partial charge in [0.15, 0.2) is 0 Å². The summed E-state index contributed by atoms with van der Waals surface area (Å²) in [5.74, 6) is 1.70. The molecular weight excluding hydrogens is 160 g/mol. The van der Waals surface area contributed by atoms with Crippen LogP contribution < -0.4 is 0 Å². The molecule has 0 radical (unpaired) electrons. The second-order valence-electron chi connectivity index (χ2n) is 3.64. The van der Waals surface area contributed by atoms with Crippen LogP contribution in [0.2, 0.25) is 0 Å². The van der Waals surface area contributed by atoms with E-state index >= 15 is 0 Å². The van der Waals surface area contributed by atoms with E-state index in [1.54, 1.807) is 0 Å². The number of rotatable bonds is 2. The Labute approximate surface area is 69.9 Å². The first-order valence-corrected chi connectivity index (χ1v) is 5.66. The Morgan fingerprint density at radius 3 is 2.18 bits per heavy atom. The van der Waals surface area contributed by atoms with Crippen molar-refractivity contribution in [1.29, 1.82) is 0 Å². The molecule has 0 N–H and O–H groups in total. The average Bonchev–Trinajstić information content (AvgIpc) is 1.93. The van der Waals surface area contributed by atoms with Crippen LogP contribution >= 0.6 is 0 Å². The molecule has 1 aliphatic carbocycles. The molecule has 0 saturated heterocycles. The van der Waals surface area contributed by atoms with Crippen LogP contribution in [-0.2, 0) is 10.7 Å². The monoisotopic (exact) mass is 176 g/mol. The third kappa shape index (κ3) is 3.23. The molecule has 0 aromatic heterocycles. The lowest BCUT2D eigenvalue weighted by molar-refractivity contribution is 0.309. The number of hydrogen-bond donors (Lipinski definition) is 1. The Morgan fingerprint density at radius 2 is 1.73 bits per heavy atom. The zero-order valence-electron chi connectivity index (χ0n) is 6.95. The van der Waals surface area contributed by atoms with Crippen molar-refractivity contribution in [1.82, 2.24) is 0 Å². The van der Waals surface area contributed by atoms with E-state index < -0.39 is 10.7 Å². The minimum atomic E-state index is -2.14.